The second-order valence-electron chi connectivity index (χ2n) is 2.76. The van der Waals surface area contributed by atoms with Crippen molar-refractivity contribution >= 4 is 39.2 Å². The van der Waals surface area contributed by atoms with E-state index in [9.17, 15) is 30.7 Å². The molecule has 0 aliphatic heterocycles. The van der Waals surface area contributed by atoms with Crippen LogP contribution in [0.4, 0.5) is 30.7 Å². The van der Waals surface area contributed by atoms with Gasteiger partial charge in [0, 0.05) is 0 Å². The summed E-state index contributed by atoms with van der Waals surface area (Å²) in [6.45, 7) is 0. The molecule has 0 rings (SSSR count). The Morgan fingerprint density at radius 1 is 0.875 bits per heavy atom. The van der Waals surface area contributed by atoms with E-state index in [1.165, 1.54) is 0 Å². The van der Waals surface area contributed by atoms with Gasteiger partial charge in [-0.3, -0.25) is 0 Å². The summed E-state index contributed by atoms with van der Waals surface area (Å²) in [4.78, 5) is 0. The normalized spacial score (nSPS) is 19.7. The van der Waals surface area contributed by atoms with Crippen molar-refractivity contribution in [3.8, 4) is 0 Å². The van der Waals surface area contributed by atoms with Gasteiger partial charge in [0.05, 0.1) is 0 Å². The Hall–Kier alpha value is 0.597. The van der Waals surface area contributed by atoms with Crippen molar-refractivity contribution in [2.75, 3.05) is 0 Å². The molecule has 98 valence electrons. The van der Waals surface area contributed by atoms with Crippen LogP contribution in [0.15, 0.2) is 0 Å². The molecule has 0 amide bonds. The molecule has 0 saturated heterocycles. The van der Waals surface area contributed by atoms with Crippen LogP contribution in [0.25, 0.3) is 0 Å². The molecule has 0 saturated carbocycles. The molecule has 0 fully saturated rings. The molecule has 0 aromatic heterocycles. The molecule has 0 aliphatic carbocycles. The molecular weight excluding hydrogens is 327 g/mol. The minimum Gasteiger partial charge on any atom is -0.240 e. The van der Waals surface area contributed by atoms with Gasteiger partial charge < -0.3 is 0 Å². The monoisotopic (exact) mass is 330 g/mol. The predicted molar refractivity (Wildman–Crippen MR) is 49.0 cm³/mol. The fourth-order valence-electron chi connectivity index (χ4n) is 0.698. The lowest BCUT2D eigenvalue weighted by Crippen LogP contribution is -2.53. The van der Waals surface area contributed by atoms with E-state index in [-0.39, 0.29) is 0 Å². The second-order valence-corrected chi connectivity index (χ2v) is 11.5. The van der Waals surface area contributed by atoms with Crippen molar-refractivity contribution < 1.29 is 30.7 Å². The zero-order valence-corrected chi connectivity index (χ0v) is 10.4. The quantitative estimate of drug-likeness (QED) is 0.404. The van der Waals surface area contributed by atoms with Crippen LogP contribution in [0.5, 0.6) is 0 Å². The molecule has 0 aromatic carbocycles. The van der Waals surface area contributed by atoms with Gasteiger partial charge in [-0.05, 0) is 0 Å². The minimum absolute atomic E-state index is 3.61. The van der Waals surface area contributed by atoms with Crippen LogP contribution in [-0.4, -0.2) is 36.5 Å². The first-order valence-corrected chi connectivity index (χ1v) is 8.68. The van der Waals surface area contributed by atoms with Gasteiger partial charge >= 0.3 is 11.9 Å². The van der Waals surface area contributed by atoms with Crippen molar-refractivity contribution in [1.82, 2.24) is 0 Å². The van der Waals surface area contributed by atoms with Gasteiger partial charge in [0.25, 0.3) is 6.43 Å². The summed E-state index contributed by atoms with van der Waals surface area (Å²) in [5, 5.41) is 0. The fraction of sp³-hybridized carbons (Fsp3) is 1.00. The van der Waals surface area contributed by atoms with Gasteiger partial charge in [-0.1, -0.05) is 0 Å². The van der Waals surface area contributed by atoms with Crippen LogP contribution in [-0.2, 0) is 0 Å². The number of halogens is 10. The van der Waals surface area contributed by atoms with Crippen LogP contribution >= 0.6 is 33.2 Å². The number of alkyl halides is 7. The summed E-state index contributed by atoms with van der Waals surface area (Å²) in [7, 11) is 0. The standard InChI is InChI=1S/C5H4Cl3F7Si/c6-16(7,8)4(13)5(14,15)2(10)1(9)3(11)12/h1-4H. The molecular formula is C5H4Cl3F7Si. The summed E-state index contributed by atoms with van der Waals surface area (Å²) < 4.78 is 86.5. The summed E-state index contributed by atoms with van der Waals surface area (Å²) >= 11 is 14.5. The Balaban J connectivity index is 4.91. The fourth-order valence-corrected chi connectivity index (χ4v) is 2.60. The van der Waals surface area contributed by atoms with E-state index in [0.717, 1.165) is 0 Å². The smallest absolute Gasteiger partial charge is 0.240 e. The maximum Gasteiger partial charge on any atom is 0.380 e. The summed E-state index contributed by atoms with van der Waals surface area (Å²) in [6.07, 6.45) is -12.0. The van der Waals surface area contributed by atoms with E-state index in [1.54, 1.807) is 0 Å². The van der Waals surface area contributed by atoms with Gasteiger partial charge in [-0.15, -0.1) is 33.2 Å². The third-order valence-corrected chi connectivity index (χ3v) is 4.20. The Labute approximate surface area is 101 Å². The molecule has 0 N–H and O–H groups in total. The van der Waals surface area contributed by atoms with Crippen molar-refractivity contribution in [2.45, 2.75) is 30.5 Å². The summed E-state index contributed by atoms with van der Waals surface area (Å²) in [6, 6.07) is -4.69. The predicted octanol–water partition coefficient (Wildman–Crippen LogP) is 4.10. The molecule has 0 aromatic rings. The van der Waals surface area contributed by atoms with Crippen LogP contribution in [0.1, 0.15) is 0 Å². The highest BCUT2D eigenvalue weighted by Crippen LogP contribution is 2.41. The van der Waals surface area contributed by atoms with E-state index in [0.29, 0.717) is 0 Å². The molecule has 0 spiro atoms. The van der Waals surface area contributed by atoms with Crippen LogP contribution < -0.4 is 0 Å². The molecule has 0 heterocycles. The number of hydrogen-bond donors (Lipinski definition) is 0. The maximum absolute atomic E-state index is 12.8. The Kier molecular flexibility index (Phi) is 5.70. The molecule has 16 heavy (non-hydrogen) atoms. The van der Waals surface area contributed by atoms with Crippen molar-refractivity contribution in [2.24, 2.45) is 0 Å². The van der Waals surface area contributed by atoms with E-state index < -0.39 is 36.5 Å². The van der Waals surface area contributed by atoms with Crippen LogP contribution in [0.2, 0.25) is 0 Å². The van der Waals surface area contributed by atoms with E-state index in [4.69, 9.17) is 33.2 Å². The van der Waals surface area contributed by atoms with Gasteiger partial charge in [0.2, 0.25) is 12.0 Å². The zero-order valence-electron chi connectivity index (χ0n) is 7.09. The molecule has 11 heteroatoms. The van der Waals surface area contributed by atoms with Gasteiger partial charge in [0.15, 0.2) is 6.17 Å². The third-order valence-electron chi connectivity index (χ3n) is 1.51. The highest BCUT2D eigenvalue weighted by molar-refractivity contribution is 7.65. The van der Waals surface area contributed by atoms with Gasteiger partial charge in [0.1, 0.15) is 0 Å². The first kappa shape index (κ1) is 16.6. The average molecular weight is 332 g/mol. The Morgan fingerprint density at radius 3 is 1.50 bits per heavy atom. The highest BCUT2D eigenvalue weighted by Gasteiger charge is 2.62. The van der Waals surface area contributed by atoms with Crippen molar-refractivity contribution in [3.63, 3.8) is 0 Å². The molecule has 0 bridgehead atoms. The van der Waals surface area contributed by atoms with Crippen molar-refractivity contribution in [3.05, 3.63) is 0 Å². The molecule has 3 atom stereocenters. The zero-order chi connectivity index (χ0) is 13.3. The average Bonchev–Trinajstić information content (AvgIpc) is 2.12. The highest BCUT2D eigenvalue weighted by atomic mass is 35.8. The van der Waals surface area contributed by atoms with Gasteiger partial charge in [-0.25, -0.2) is 30.7 Å². The van der Waals surface area contributed by atoms with E-state index in [1.807, 2.05) is 0 Å². The van der Waals surface area contributed by atoms with Crippen LogP contribution in [0.3, 0.4) is 0 Å². The van der Waals surface area contributed by atoms with Gasteiger partial charge in [-0.2, -0.15) is 0 Å². The lowest BCUT2D eigenvalue weighted by molar-refractivity contribution is -0.147. The Bertz CT molecular complexity index is 233. The largest absolute Gasteiger partial charge is 0.380 e. The molecule has 0 aliphatic rings. The van der Waals surface area contributed by atoms with E-state index >= 15 is 0 Å². The lowest BCUT2D eigenvalue weighted by atomic mass is 10.1. The minimum atomic E-state index is -5.12. The topological polar surface area (TPSA) is 0 Å². The SMILES string of the molecule is FC(F)C(F)C(F)C(F)(F)C(F)[Si](Cl)(Cl)Cl. The summed E-state index contributed by atoms with van der Waals surface area (Å²) in [5.74, 6) is -8.73. The summed E-state index contributed by atoms with van der Waals surface area (Å²) in [5.41, 5.74) is 0. The molecule has 0 radical (unpaired) electrons. The number of rotatable bonds is 5. The van der Waals surface area contributed by atoms with Crippen molar-refractivity contribution in [1.29, 1.82) is 0 Å². The van der Waals surface area contributed by atoms with E-state index in [2.05, 4.69) is 0 Å². The molecule has 0 nitrogen and oxygen atoms in total. The second kappa shape index (κ2) is 5.49. The first-order chi connectivity index (χ1) is 6.92. The first-order valence-electron chi connectivity index (χ1n) is 3.57. The third kappa shape index (κ3) is 3.81. The lowest BCUT2D eigenvalue weighted by Gasteiger charge is -2.28. The van der Waals surface area contributed by atoms with Crippen LogP contribution in [0, 0.1) is 0 Å². The Morgan fingerprint density at radius 2 is 1.25 bits per heavy atom. The maximum atomic E-state index is 12.8. The number of hydrogen-bond acceptors (Lipinski definition) is 0. The molecule has 3 unspecified atom stereocenters.